The summed E-state index contributed by atoms with van der Waals surface area (Å²) in [6.45, 7) is 5.92. The van der Waals surface area contributed by atoms with Crippen LogP contribution in [0.3, 0.4) is 0 Å². The Kier molecular flexibility index (Phi) is 10.3. The molecule has 2 rings (SSSR count). The molecule has 1 saturated heterocycles. The normalized spacial score (nSPS) is 18.6. The highest BCUT2D eigenvalue weighted by atomic mass is 127. The van der Waals surface area contributed by atoms with Crippen LogP contribution in [0.25, 0.3) is 0 Å². The zero-order chi connectivity index (χ0) is 17.4. The highest BCUT2D eigenvalue weighted by Crippen LogP contribution is 2.18. The van der Waals surface area contributed by atoms with Gasteiger partial charge in [-0.1, -0.05) is 12.1 Å². The molecule has 1 heterocycles. The lowest BCUT2D eigenvalue weighted by Crippen LogP contribution is -2.41. The number of ether oxygens (including phenoxy) is 2. The highest BCUT2D eigenvalue weighted by Gasteiger charge is 2.19. The van der Waals surface area contributed by atoms with Gasteiger partial charge in [0.15, 0.2) is 5.96 Å². The third-order valence-corrected chi connectivity index (χ3v) is 4.19. The van der Waals surface area contributed by atoms with Gasteiger partial charge in [-0.15, -0.1) is 24.0 Å². The van der Waals surface area contributed by atoms with Crippen molar-refractivity contribution in [1.82, 2.24) is 10.2 Å². The molecule has 7 heteroatoms. The van der Waals surface area contributed by atoms with Crippen LogP contribution in [0, 0.1) is 11.7 Å². The smallest absolute Gasteiger partial charge is 0.193 e. The zero-order valence-electron chi connectivity index (χ0n) is 15.2. The second-order valence-electron chi connectivity index (χ2n) is 6.08. The molecular formula is C18H29FIN3O2. The summed E-state index contributed by atoms with van der Waals surface area (Å²) in [6.07, 6.45) is 0.905. The summed E-state index contributed by atoms with van der Waals surface area (Å²) in [5.74, 6) is 1.16. The number of nitrogens with zero attached hydrogens (tertiary/aromatic N) is 2. The molecule has 1 aliphatic rings. The Morgan fingerprint density at radius 1 is 1.44 bits per heavy atom. The van der Waals surface area contributed by atoms with Crippen molar-refractivity contribution in [3.05, 3.63) is 35.6 Å². The molecule has 2 atom stereocenters. The monoisotopic (exact) mass is 465 g/mol. The van der Waals surface area contributed by atoms with E-state index in [9.17, 15) is 4.39 Å². The second kappa shape index (κ2) is 11.6. The first-order valence-corrected chi connectivity index (χ1v) is 8.49. The van der Waals surface area contributed by atoms with Gasteiger partial charge >= 0.3 is 0 Å². The van der Waals surface area contributed by atoms with E-state index in [1.165, 1.54) is 12.1 Å². The number of rotatable bonds is 7. The van der Waals surface area contributed by atoms with Crippen molar-refractivity contribution >= 4 is 29.9 Å². The minimum atomic E-state index is -0.246. The van der Waals surface area contributed by atoms with E-state index in [-0.39, 0.29) is 35.9 Å². The van der Waals surface area contributed by atoms with Crippen molar-refractivity contribution in [3.63, 3.8) is 0 Å². The van der Waals surface area contributed by atoms with Crippen molar-refractivity contribution < 1.29 is 13.9 Å². The van der Waals surface area contributed by atoms with E-state index in [0.717, 1.165) is 44.2 Å². The van der Waals surface area contributed by atoms with E-state index in [1.54, 1.807) is 19.2 Å². The summed E-state index contributed by atoms with van der Waals surface area (Å²) in [5.41, 5.74) is 0.922. The van der Waals surface area contributed by atoms with Crippen LogP contribution in [0.1, 0.15) is 25.0 Å². The van der Waals surface area contributed by atoms with Gasteiger partial charge < -0.3 is 19.7 Å². The number of hydrogen-bond donors (Lipinski definition) is 1. The van der Waals surface area contributed by atoms with Gasteiger partial charge in [-0.25, -0.2) is 4.39 Å². The van der Waals surface area contributed by atoms with E-state index < -0.39 is 0 Å². The van der Waals surface area contributed by atoms with Crippen molar-refractivity contribution in [3.8, 4) is 0 Å². The number of aliphatic imine (C=N–C) groups is 1. The van der Waals surface area contributed by atoms with E-state index in [4.69, 9.17) is 14.5 Å². The molecule has 0 spiro atoms. The van der Waals surface area contributed by atoms with E-state index in [2.05, 4.69) is 17.1 Å². The summed E-state index contributed by atoms with van der Waals surface area (Å²) in [5, 5.41) is 3.32. The Morgan fingerprint density at radius 3 is 2.72 bits per heavy atom. The van der Waals surface area contributed by atoms with Crippen LogP contribution >= 0.6 is 24.0 Å². The standard InChI is InChI=1S/C18H28FN3O2.HI/c1-4-20-18(22(2)12-14-9-10-24-13-14)21-11-17(23-3)15-5-7-16(19)8-6-15;/h5-8,14,17H,4,9-13H2,1-3H3,(H,20,21);1H. The average molecular weight is 465 g/mol. The Balaban J connectivity index is 0.00000312. The quantitative estimate of drug-likeness (QED) is 0.382. The molecule has 0 aromatic heterocycles. The maximum absolute atomic E-state index is 13.1. The molecule has 0 radical (unpaired) electrons. The van der Waals surface area contributed by atoms with Crippen molar-refractivity contribution in [2.24, 2.45) is 10.9 Å². The first kappa shape index (κ1) is 22.1. The maximum atomic E-state index is 13.1. The number of guanidine groups is 1. The molecule has 142 valence electrons. The third-order valence-electron chi connectivity index (χ3n) is 4.19. The lowest BCUT2D eigenvalue weighted by Gasteiger charge is -2.25. The van der Waals surface area contributed by atoms with E-state index in [0.29, 0.717) is 12.5 Å². The van der Waals surface area contributed by atoms with Gasteiger partial charge in [0, 0.05) is 39.8 Å². The summed E-state index contributed by atoms with van der Waals surface area (Å²) >= 11 is 0. The minimum absolute atomic E-state index is 0. The molecule has 0 bridgehead atoms. The fraction of sp³-hybridized carbons (Fsp3) is 0.611. The Morgan fingerprint density at radius 2 is 2.16 bits per heavy atom. The highest BCUT2D eigenvalue weighted by molar-refractivity contribution is 14.0. The summed E-state index contributed by atoms with van der Waals surface area (Å²) in [4.78, 5) is 6.84. The Labute approximate surface area is 167 Å². The van der Waals surface area contributed by atoms with Gasteiger partial charge in [-0.2, -0.15) is 0 Å². The topological polar surface area (TPSA) is 46.1 Å². The molecule has 2 unspecified atom stereocenters. The fourth-order valence-electron chi connectivity index (χ4n) is 2.83. The molecule has 1 aliphatic heterocycles. The lowest BCUT2D eigenvalue weighted by molar-refractivity contribution is 0.110. The van der Waals surface area contributed by atoms with E-state index >= 15 is 0 Å². The Bertz CT molecular complexity index is 522. The van der Waals surface area contributed by atoms with Gasteiger partial charge in [0.2, 0.25) is 0 Å². The van der Waals surface area contributed by atoms with Crippen molar-refractivity contribution in [2.45, 2.75) is 19.4 Å². The average Bonchev–Trinajstić information content (AvgIpc) is 3.08. The van der Waals surface area contributed by atoms with E-state index in [1.807, 2.05) is 7.05 Å². The SMILES string of the molecule is CCNC(=NCC(OC)c1ccc(F)cc1)N(C)CC1CCOC1.I. The van der Waals surface area contributed by atoms with Crippen molar-refractivity contribution in [2.75, 3.05) is 47.0 Å². The van der Waals surface area contributed by atoms with Gasteiger partial charge in [0.1, 0.15) is 11.9 Å². The first-order valence-electron chi connectivity index (χ1n) is 8.49. The molecule has 0 aliphatic carbocycles. The third kappa shape index (κ3) is 7.07. The number of halogens is 2. The van der Waals surface area contributed by atoms with Gasteiger partial charge in [-0.3, -0.25) is 4.99 Å². The predicted molar refractivity (Wildman–Crippen MR) is 109 cm³/mol. The summed E-state index contributed by atoms with van der Waals surface area (Å²) in [6, 6.07) is 6.38. The fourth-order valence-corrected chi connectivity index (χ4v) is 2.83. The summed E-state index contributed by atoms with van der Waals surface area (Å²) in [7, 11) is 3.69. The Hall–Kier alpha value is -0.930. The van der Waals surface area contributed by atoms with Crippen LogP contribution in [-0.2, 0) is 9.47 Å². The molecular weight excluding hydrogens is 436 g/mol. The molecule has 5 nitrogen and oxygen atoms in total. The van der Waals surface area contributed by atoms with Gasteiger partial charge in [-0.05, 0) is 31.0 Å². The molecule has 1 aromatic rings. The number of hydrogen-bond acceptors (Lipinski definition) is 3. The van der Waals surface area contributed by atoms with Crippen LogP contribution in [0.4, 0.5) is 4.39 Å². The van der Waals surface area contributed by atoms with Crippen LogP contribution < -0.4 is 5.32 Å². The van der Waals surface area contributed by atoms with Gasteiger partial charge in [0.25, 0.3) is 0 Å². The lowest BCUT2D eigenvalue weighted by atomic mass is 10.1. The first-order chi connectivity index (χ1) is 11.6. The molecule has 25 heavy (non-hydrogen) atoms. The second-order valence-corrected chi connectivity index (χ2v) is 6.08. The predicted octanol–water partition coefficient (Wildman–Crippen LogP) is 3.07. The van der Waals surface area contributed by atoms with Crippen LogP contribution in [-0.4, -0.2) is 57.9 Å². The van der Waals surface area contributed by atoms with Crippen LogP contribution in [0.2, 0.25) is 0 Å². The number of nitrogens with one attached hydrogen (secondary N) is 1. The number of benzene rings is 1. The molecule has 0 amide bonds. The number of methoxy groups -OCH3 is 1. The zero-order valence-corrected chi connectivity index (χ0v) is 17.5. The van der Waals surface area contributed by atoms with Crippen LogP contribution in [0.15, 0.2) is 29.3 Å². The van der Waals surface area contributed by atoms with Crippen LogP contribution in [0.5, 0.6) is 0 Å². The minimum Gasteiger partial charge on any atom is -0.381 e. The molecule has 0 saturated carbocycles. The molecule has 1 fully saturated rings. The largest absolute Gasteiger partial charge is 0.381 e. The molecule has 1 aromatic carbocycles. The van der Waals surface area contributed by atoms with Crippen molar-refractivity contribution in [1.29, 1.82) is 0 Å². The molecule has 1 N–H and O–H groups in total. The summed E-state index contributed by atoms with van der Waals surface area (Å²) < 4.78 is 24.0. The maximum Gasteiger partial charge on any atom is 0.193 e. The van der Waals surface area contributed by atoms with Gasteiger partial charge in [0.05, 0.1) is 13.2 Å².